The van der Waals surface area contributed by atoms with Gasteiger partial charge in [0.2, 0.25) is 0 Å². The van der Waals surface area contributed by atoms with Crippen LogP contribution in [0.5, 0.6) is 0 Å². The van der Waals surface area contributed by atoms with Crippen LogP contribution < -0.4 is 5.73 Å². The highest BCUT2D eigenvalue weighted by atomic mass is 35.5. The van der Waals surface area contributed by atoms with Gasteiger partial charge in [-0.1, -0.05) is 48.9 Å². The van der Waals surface area contributed by atoms with Gasteiger partial charge in [-0.2, -0.15) is 5.26 Å². The number of nitriles is 1. The molecule has 2 nitrogen and oxygen atoms in total. The van der Waals surface area contributed by atoms with E-state index in [4.69, 9.17) is 22.6 Å². The number of halogens is 2. The van der Waals surface area contributed by atoms with Gasteiger partial charge in [0.25, 0.3) is 0 Å². The van der Waals surface area contributed by atoms with Gasteiger partial charge in [-0.15, -0.1) is 12.4 Å². The zero-order valence-electron chi connectivity index (χ0n) is 12.2. The van der Waals surface area contributed by atoms with Crippen molar-refractivity contribution in [2.75, 3.05) is 0 Å². The lowest BCUT2D eigenvalue weighted by atomic mass is 10.0. The lowest BCUT2D eigenvalue weighted by molar-refractivity contribution is 0.715. The lowest BCUT2D eigenvalue weighted by Gasteiger charge is -2.03. The van der Waals surface area contributed by atoms with Crippen molar-refractivity contribution in [1.29, 1.82) is 5.26 Å². The Morgan fingerprint density at radius 3 is 2.14 bits per heavy atom. The number of rotatable bonds is 2. The summed E-state index contributed by atoms with van der Waals surface area (Å²) in [6, 6.07) is 17.6. The van der Waals surface area contributed by atoms with Gasteiger partial charge in [-0.25, -0.2) is 0 Å². The first kappa shape index (κ1) is 19.5. The zero-order valence-corrected chi connectivity index (χ0v) is 13.8. The van der Waals surface area contributed by atoms with E-state index in [0.29, 0.717) is 16.6 Å². The predicted molar refractivity (Wildman–Crippen MR) is 92.8 cm³/mol. The Morgan fingerprint density at radius 2 is 1.67 bits per heavy atom. The van der Waals surface area contributed by atoms with Crippen LogP contribution in [0.1, 0.15) is 25.8 Å². The normalized spacial score (nSPS) is 10.4. The molecule has 0 aromatic heterocycles. The van der Waals surface area contributed by atoms with Crippen LogP contribution in [-0.4, -0.2) is 6.04 Å². The summed E-state index contributed by atoms with van der Waals surface area (Å²) in [4.78, 5) is 0. The molecular formula is C17H20Cl2N2. The summed E-state index contributed by atoms with van der Waals surface area (Å²) in [5.41, 5.74) is 7.92. The Labute approximate surface area is 138 Å². The highest BCUT2D eigenvalue weighted by molar-refractivity contribution is 6.30. The monoisotopic (exact) mass is 322 g/mol. The van der Waals surface area contributed by atoms with Crippen molar-refractivity contribution in [3.8, 4) is 17.2 Å². The van der Waals surface area contributed by atoms with Crippen molar-refractivity contribution >= 4 is 24.0 Å². The van der Waals surface area contributed by atoms with Crippen LogP contribution in [0.2, 0.25) is 5.02 Å². The largest absolute Gasteiger partial charge is 0.328 e. The van der Waals surface area contributed by atoms with Crippen molar-refractivity contribution in [1.82, 2.24) is 0 Å². The molecule has 0 heterocycles. The zero-order chi connectivity index (χ0) is 15.0. The van der Waals surface area contributed by atoms with Crippen molar-refractivity contribution < 1.29 is 0 Å². The summed E-state index contributed by atoms with van der Waals surface area (Å²) in [5.74, 6) is 0. The first-order chi connectivity index (χ1) is 9.58. The van der Waals surface area contributed by atoms with E-state index in [1.54, 1.807) is 0 Å². The van der Waals surface area contributed by atoms with E-state index in [1.165, 1.54) is 0 Å². The fourth-order valence-electron chi connectivity index (χ4n) is 1.46. The molecule has 0 fully saturated rings. The third kappa shape index (κ3) is 6.64. The summed E-state index contributed by atoms with van der Waals surface area (Å²) in [7, 11) is 0. The Morgan fingerprint density at radius 1 is 1.14 bits per heavy atom. The van der Waals surface area contributed by atoms with Gasteiger partial charge < -0.3 is 5.73 Å². The van der Waals surface area contributed by atoms with Gasteiger partial charge in [0.1, 0.15) is 0 Å². The van der Waals surface area contributed by atoms with Crippen molar-refractivity contribution in [3.63, 3.8) is 0 Å². The molecule has 0 aliphatic heterocycles. The van der Waals surface area contributed by atoms with Gasteiger partial charge in [-0.3, -0.25) is 0 Å². The third-order valence-corrected chi connectivity index (χ3v) is 3.10. The summed E-state index contributed by atoms with van der Waals surface area (Å²) in [5, 5.41) is 9.66. The topological polar surface area (TPSA) is 49.8 Å². The molecule has 2 aromatic carbocycles. The first-order valence-corrected chi connectivity index (χ1v) is 6.97. The van der Waals surface area contributed by atoms with Gasteiger partial charge >= 0.3 is 0 Å². The minimum atomic E-state index is 0. The minimum Gasteiger partial charge on any atom is -0.328 e. The Hall–Kier alpha value is -1.53. The molecule has 0 saturated heterocycles. The van der Waals surface area contributed by atoms with Crippen LogP contribution in [0.3, 0.4) is 0 Å². The van der Waals surface area contributed by atoms with Crippen LogP contribution >= 0.6 is 24.0 Å². The van der Waals surface area contributed by atoms with E-state index in [1.807, 2.05) is 55.5 Å². The second-order valence-electron chi connectivity index (χ2n) is 4.55. The summed E-state index contributed by atoms with van der Waals surface area (Å²) >= 11 is 5.81. The molecule has 2 N–H and O–H groups in total. The number of nitrogens with zero attached hydrogens (tertiary/aromatic N) is 1. The van der Waals surface area contributed by atoms with Crippen molar-refractivity contribution in [2.45, 2.75) is 26.3 Å². The molecule has 0 aliphatic carbocycles. The Bertz CT molecular complexity index is 572. The average molecular weight is 323 g/mol. The van der Waals surface area contributed by atoms with Crippen molar-refractivity contribution in [2.24, 2.45) is 5.73 Å². The van der Waals surface area contributed by atoms with E-state index in [0.717, 1.165) is 17.5 Å². The van der Waals surface area contributed by atoms with Crippen LogP contribution in [0.15, 0.2) is 48.5 Å². The third-order valence-electron chi connectivity index (χ3n) is 2.85. The highest BCUT2D eigenvalue weighted by Gasteiger charge is 2.02. The fraction of sp³-hybridized carbons (Fsp3) is 0.235. The minimum absolute atomic E-state index is 0. The van der Waals surface area contributed by atoms with Crippen LogP contribution in [0, 0.1) is 11.3 Å². The van der Waals surface area contributed by atoms with Gasteiger partial charge in [-0.05, 0) is 42.7 Å². The van der Waals surface area contributed by atoms with E-state index in [-0.39, 0.29) is 12.4 Å². The second kappa shape index (κ2) is 10.2. The number of hydrogen-bond donors (Lipinski definition) is 1. The van der Waals surface area contributed by atoms with E-state index in [9.17, 15) is 0 Å². The maximum atomic E-state index is 8.96. The van der Waals surface area contributed by atoms with Gasteiger partial charge in [0, 0.05) is 11.1 Å². The van der Waals surface area contributed by atoms with E-state index in [2.05, 4.69) is 13.0 Å². The molecule has 0 amide bonds. The van der Waals surface area contributed by atoms with E-state index < -0.39 is 0 Å². The van der Waals surface area contributed by atoms with Crippen molar-refractivity contribution in [3.05, 3.63) is 59.1 Å². The van der Waals surface area contributed by atoms with Crippen LogP contribution in [-0.2, 0) is 0 Å². The Balaban J connectivity index is 0.000000583. The van der Waals surface area contributed by atoms with Gasteiger partial charge in [0.05, 0.1) is 11.6 Å². The molecule has 112 valence electrons. The number of hydrogen-bond acceptors (Lipinski definition) is 2. The molecule has 0 bridgehead atoms. The first-order valence-electron chi connectivity index (χ1n) is 6.59. The molecule has 0 saturated carbocycles. The molecule has 4 heteroatoms. The molecule has 21 heavy (non-hydrogen) atoms. The average Bonchev–Trinajstić information content (AvgIpc) is 2.48. The second-order valence-corrected chi connectivity index (χ2v) is 4.99. The lowest BCUT2D eigenvalue weighted by Crippen LogP contribution is -2.11. The summed E-state index contributed by atoms with van der Waals surface area (Å²) < 4.78 is 0. The van der Waals surface area contributed by atoms with Crippen LogP contribution in [0.4, 0.5) is 0 Å². The maximum Gasteiger partial charge on any atom is 0.0998 e. The predicted octanol–water partition coefficient (Wildman–Crippen LogP) is 5.04. The smallest absolute Gasteiger partial charge is 0.0998 e. The van der Waals surface area contributed by atoms with E-state index >= 15 is 0 Å². The molecule has 2 rings (SSSR count). The SMILES string of the molecule is CCC(C)N.Cl.N#Cc1ccccc1-c1ccc(Cl)cc1. The maximum absolute atomic E-state index is 8.96. The molecule has 0 aliphatic rings. The standard InChI is InChI=1S/C13H8ClN.C4H11N.ClH/c14-12-7-5-10(6-8-12)13-4-2-1-3-11(13)9-15;1-3-4(2)5;/h1-8H;4H,3,5H2,1-2H3;1H. The quantitative estimate of drug-likeness (QED) is 0.841. The fourth-order valence-corrected chi connectivity index (χ4v) is 1.59. The number of benzene rings is 2. The number of nitrogens with two attached hydrogens (primary N) is 1. The molecule has 1 unspecified atom stereocenters. The summed E-state index contributed by atoms with van der Waals surface area (Å²) in [6.45, 7) is 4.07. The molecule has 0 spiro atoms. The van der Waals surface area contributed by atoms with Gasteiger partial charge in [0.15, 0.2) is 0 Å². The Kier molecular flexibility index (Phi) is 9.49. The highest BCUT2D eigenvalue weighted by Crippen LogP contribution is 2.24. The molecule has 0 radical (unpaired) electrons. The summed E-state index contributed by atoms with van der Waals surface area (Å²) in [6.07, 6.45) is 1.08. The molecular weight excluding hydrogens is 303 g/mol. The molecule has 1 atom stereocenters. The van der Waals surface area contributed by atoms with Crippen LogP contribution in [0.25, 0.3) is 11.1 Å². The molecule has 2 aromatic rings.